The molecule has 17 heavy (non-hydrogen) atoms. The molecule has 0 saturated carbocycles. The number of likely N-dealkylation sites (tertiary alicyclic amines) is 1. The zero-order valence-electron chi connectivity index (χ0n) is 10.4. The van der Waals surface area contributed by atoms with E-state index >= 15 is 0 Å². The first kappa shape index (κ1) is 11.1. The van der Waals surface area contributed by atoms with Crippen LogP contribution in [0.15, 0.2) is 18.2 Å². The summed E-state index contributed by atoms with van der Waals surface area (Å²) < 4.78 is 5.64. The summed E-state index contributed by atoms with van der Waals surface area (Å²) in [5, 5.41) is 0. The molecule has 2 N–H and O–H groups in total. The molecule has 1 fully saturated rings. The van der Waals surface area contributed by atoms with Crippen LogP contribution in [0.25, 0.3) is 0 Å². The fourth-order valence-corrected chi connectivity index (χ4v) is 3.06. The Morgan fingerprint density at radius 1 is 1.47 bits per heavy atom. The predicted octanol–water partition coefficient (Wildman–Crippen LogP) is 1.57. The Labute approximate surface area is 103 Å². The van der Waals surface area contributed by atoms with E-state index < -0.39 is 0 Å². The van der Waals surface area contributed by atoms with E-state index in [0.717, 1.165) is 31.9 Å². The molecule has 2 aliphatic heterocycles. The van der Waals surface area contributed by atoms with E-state index in [0.29, 0.717) is 12.0 Å². The van der Waals surface area contributed by atoms with Gasteiger partial charge in [-0.2, -0.15) is 0 Å². The lowest BCUT2D eigenvalue weighted by Gasteiger charge is -2.20. The van der Waals surface area contributed by atoms with E-state index in [-0.39, 0.29) is 0 Å². The number of benzene rings is 1. The topological polar surface area (TPSA) is 38.5 Å². The standard InChI is InChI=1S/C14H20N2O/c1-16-9-10(8-15)6-13(16)12-3-2-11-4-5-17-14(11)7-12/h2-3,7,10,13H,4-6,8-9,15H2,1H3. The molecule has 0 spiro atoms. The summed E-state index contributed by atoms with van der Waals surface area (Å²) in [5.41, 5.74) is 8.51. The van der Waals surface area contributed by atoms with E-state index in [9.17, 15) is 0 Å². The Hall–Kier alpha value is -1.06. The molecule has 3 heteroatoms. The van der Waals surface area contributed by atoms with Gasteiger partial charge >= 0.3 is 0 Å². The first-order valence-electron chi connectivity index (χ1n) is 6.44. The highest BCUT2D eigenvalue weighted by molar-refractivity contribution is 5.41. The summed E-state index contributed by atoms with van der Waals surface area (Å²) in [7, 11) is 2.19. The smallest absolute Gasteiger partial charge is 0.122 e. The minimum Gasteiger partial charge on any atom is -0.493 e. The third kappa shape index (κ3) is 1.94. The van der Waals surface area contributed by atoms with Crippen LogP contribution in [-0.4, -0.2) is 31.6 Å². The molecule has 0 amide bonds. The van der Waals surface area contributed by atoms with Gasteiger partial charge in [0.2, 0.25) is 0 Å². The molecule has 92 valence electrons. The van der Waals surface area contributed by atoms with E-state index in [1.807, 2.05) is 0 Å². The van der Waals surface area contributed by atoms with Crippen molar-refractivity contribution in [2.75, 3.05) is 26.7 Å². The van der Waals surface area contributed by atoms with Gasteiger partial charge in [0.05, 0.1) is 6.61 Å². The van der Waals surface area contributed by atoms with Gasteiger partial charge in [-0.3, -0.25) is 4.90 Å². The van der Waals surface area contributed by atoms with Gasteiger partial charge < -0.3 is 10.5 Å². The lowest BCUT2D eigenvalue weighted by atomic mass is 9.98. The molecule has 3 nitrogen and oxygen atoms in total. The second kappa shape index (κ2) is 4.31. The van der Waals surface area contributed by atoms with Crippen molar-refractivity contribution >= 4 is 0 Å². The monoisotopic (exact) mass is 232 g/mol. The van der Waals surface area contributed by atoms with Crippen molar-refractivity contribution in [3.63, 3.8) is 0 Å². The second-order valence-corrected chi connectivity index (χ2v) is 5.26. The Balaban J connectivity index is 1.84. The average molecular weight is 232 g/mol. The van der Waals surface area contributed by atoms with Crippen LogP contribution >= 0.6 is 0 Å². The Morgan fingerprint density at radius 2 is 2.35 bits per heavy atom. The zero-order chi connectivity index (χ0) is 11.8. The number of fused-ring (bicyclic) bond motifs is 1. The van der Waals surface area contributed by atoms with Gasteiger partial charge in [0, 0.05) is 19.0 Å². The number of rotatable bonds is 2. The summed E-state index contributed by atoms with van der Waals surface area (Å²) in [6, 6.07) is 7.22. The third-order valence-corrected chi connectivity index (χ3v) is 4.07. The Morgan fingerprint density at radius 3 is 3.12 bits per heavy atom. The Kier molecular flexibility index (Phi) is 2.81. The predicted molar refractivity (Wildman–Crippen MR) is 68.2 cm³/mol. The molecule has 1 saturated heterocycles. The molecule has 2 atom stereocenters. The van der Waals surface area contributed by atoms with Gasteiger partial charge in [-0.15, -0.1) is 0 Å². The fourth-order valence-electron chi connectivity index (χ4n) is 3.06. The minimum atomic E-state index is 0.512. The van der Waals surface area contributed by atoms with Crippen molar-refractivity contribution in [2.24, 2.45) is 11.7 Å². The molecule has 0 bridgehead atoms. The molecule has 0 aromatic heterocycles. The van der Waals surface area contributed by atoms with Crippen LogP contribution in [-0.2, 0) is 6.42 Å². The highest BCUT2D eigenvalue weighted by Crippen LogP contribution is 2.37. The SMILES string of the molecule is CN1CC(CN)CC1c1ccc2c(c1)OCC2. The summed E-state index contributed by atoms with van der Waals surface area (Å²) in [5.74, 6) is 1.73. The summed E-state index contributed by atoms with van der Waals surface area (Å²) in [6.07, 6.45) is 2.23. The van der Waals surface area contributed by atoms with E-state index in [2.05, 4.69) is 30.1 Å². The number of nitrogens with zero attached hydrogens (tertiary/aromatic N) is 1. The van der Waals surface area contributed by atoms with Gasteiger partial charge in [-0.25, -0.2) is 0 Å². The van der Waals surface area contributed by atoms with Crippen molar-refractivity contribution in [1.82, 2.24) is 4.90 Å². The molecule has 1 aromatic rings. The number of nitrogens with two attached hydrogens (primary N) is 1. The van der Waals surface area contributed by atoms with Crippen molar-refractivity contribution in [2.45, 2.75) is 18.9 Å². The van der Waals surface area contributed by atoms with Gasteiger partial charge in [0.25, 0.3) is 0 Å². The molecule has 3 rings (SSSR count). The zero-order valence-corrected chi connectivity index (χ0v) is 10.4. The molecule has 0 aliphatic carbocycles. The summed E-state index contributed by atoms with van der Waals surface area (Å²) in [6.45, 7) is 2.74. The van der Waals surface area contributed by atoms with Crippen LogP contribution in [0.2, 0.25) is 0 Å². The van der Waals surface area contributed by atoms with E-state index in [1.165, 1.54) is 17.5 Å². The van der Waals surface area contributed by atoms with Crippen LogP contribution in [0.4, 0.5) is 0 Å². The van der Waals surface area contributed by atoms with Gasteiger partial charge in [0.15, 0.2) is 0 Å². The number of ether oxygens (including phenoxy) is 1. The summed E-state index contributed by atoms with van der Waals surface area (Å²) in [4.78, 5) is 2.41. The van der Waals surface area contributed by atoms with Gasteiger partial charge in [0.1, 0.15) is 5.75 Å². The quantitative estimate of drug-likeness (QED) is 0.841. The number of hydrogen-bond donors (Lipinski definition) is 1. The molecular formula is C14H20N2O. The largest absolute Gasteiger partial charge is 0.493 e. The lowest BCUT2D eigenvalue weighted by molar-refractivity contribution is 0.312. The number of hydrogen-bond acceptors (Lipinski definition) is 3. The van der Waals surface area contributed by atoms with Gasteiger partial charge in [-0.1, -0.05) is 12.1 Å². The van der Waals surface area contributed by atoms with Crippen LogP contribution in [0.5, 0.6) is 5.75 Å². The highest BCUT2D eigenvalue weighted by Gasteiger charge is 2.30. The second-order valence-electron chi connectivity index (χ2n) is 5.26. The first-order valence-corrected chi connectivity index (χ1v) is 6.44. The first-order chi connectivity index (χ1) is 8.28. The third-order valence-electron chi connectivity index (χ3n) is 4.07. The minimum absolute atomic E-state index is 0.512. The van der Waals surface area contributed by atoms with Crippen LogP contribution in [0, 0.1) is 5.92 Å². The van der Waals surface area contributed by atoms with E-state index in [1.54, 1.807) is 0 Å². The van der Waals surface area contributed by atoms with Gasteiger partial charge in [-0.05, 0) is 43.1 Å². The van der Waals surface area contributed by atoms with E-state index in [4.69, 9.17) is 10.5 Å². The maximum Gasteiger partial charge on any atom is 0.122 e. The fraction of sp³-hybridized carbons (Fsp3) is 0.571. The molecule has 1 aromatic carbocycles. The lowest BCUT2D eigenvalue weighted by Crippen LogP contribution is -2.20. The average Bonchev–Trinajstić information content (AvgIpc) is 2.93. The van der Waals surface area contributed by atoms with Crippen molar-refractivity contribution in [3.05, 3.63) is 29.3 Å². The maximum absolute atomic E-state index is 5.78. The van der Waals surface area contributed by atoms with Crippen LogP contribution in [0.3, 0.4) is 0 Å². The van der Waals surface area contributed by atoms with Crippen molar-refractivity contribution in [1.29, 1.82) is 0 Å². The molecule has 2 unspecified atom stereocenters. The molecular weight excluding hydrogens is 212 g/mol. The van der Waals surface area contributed by atoms with Crippen molar-refractivity contribution < 1.29 is 4.74 Å². The Bertz CT molecular complexity index is 419. The molecule has 2 aliphatic rings. The molecule has 2 heterocycles. The maximum atomic E-state index is 5.78. The summed E-state index contributed by atoms with van der Waals surface area (Å²) >= 11 is 0. The van der Waals surface area contributed by atoms with Crippen molar-refractivity contribution in [3.8, 4) is 5.75 Å². The normalized spacial score (nSPS) is 28.1. The van der Waals surface area contributed by atoms with Crippen LogP contribution < -0.4 is 10.5 Å². The molecule has 0 radical (unpaired) electrons. The highest BCUT2D eigenvalue weighted by atomic mass is 16.5. The van der Waals surface area contributed by atoms with Crippen LogP contribution in [0.1, 0.15) is 23.6 Å².